The summed E-state index contributed by atoms with van der Waals surface area (Å²) in [6.07, 6.45) is 0. The first-order valence-corrected chi connectivity index (χ1v) is 7.17. The summed E-state index contributed by atoms with van der Waals surface area (Å²) in [6, 6.07) is 6.39. The van der Waals surface area contributed by atoms with Crippen molar-refractivity contribution in [3.63, 3.8) is 0 Å². The fourth-order valence-electron chi connectivity index (χ4n) is 2.08. The second-order valence-electron chi connectivity index (χ2n) is 4.70. The van der Waals surface area contributed by atoms with E-state index in [0.29, 0.717) is 0 Å². The molecule has 2 rings (SSSR count). The van der Waals surface area contributed by atoms with Crippen molar-refractivity contribution in [2.45, 2.75) is 27.7 Å². The Balaban J connectivity index is 2.55. The predicted octanol–water partition coefficient (Wildman–Crippen LogP) is 4.26. The van der Waals surface area contributed by atoms with E-state index in [1.807, 2.05) is 6.92 Å². The summed E-state index contributed by atoms with van der Waals surface area (Å²) in [5.74, 6) is 1.62. The third kappa shape index (κ3) is 3.13. The van der Waals surface area contributed by atoms with Gasteiger partial charge in [0.1, 0.15) is 5.82 Å². The Kier molecular flexibility index (Phi) is 4.20. The number of benzene rings is 1. The normalized spacial score (nSPS) is 10.6. The van der Waals surface area contributed by atoms with Crippen molar-refractivity contribution in [1.29, 1.82) is 0 Å². The van der Waals surface area contributed by atoms with Crippen molar-refractivity contribution < 1.29 is 0 Å². The number of halogens is 1. The Labute approximate surface area is 122 Å². The molecular formula is C15H18BrN3. The second kappa shape index (κ2) is 5.70. The number of anilines is 1. The fraction of sp³-hybridized carbons (Fsp3) is 0.333. The SMILES string of the molecule is CCNc1nc(-c2cc(C)cc(C)c2)nc(C)c1Br. The lowest BCUT2D eigenvalue weighted by Gasteiger charge is -2.11. The molecule has 0 spiro atoms. The minimum absolute atomic E-state index is 0.767. The Morgan fingerprint density at radius 2 is 1.68 bits per heavy atom. The first kappa shape index (κ1) is 14.0. The highest BCUT2D eigenvalue weighted by Gasteiger charge is 2.10. The number of rotatable bonds is 3. The molecule has 0 amide bonds. The molecule has 1 heterocycles. The molecule has 0 bridgehead atoms. The summed E-state index contributed by atoms with van der Waals surface area (Å²) in [6.45, 7) is 9.06. The molecule has 0 fully saturated rings. The van der Waals surface area contributed by atoms with E-state index in [4.69, 9.17) is 0 Å². The van der Waals surface area contributed by atoms with Gasteiger partial charge in [0.15, 0.2) is 5.82 Å². The van der Waals surface area contributed by atoms with Gasteiger partial charge in [-0.1, -0.05) is 17.2 Å². The van der Waals surface area contributed by atoms with Gasteiger partial charge in [-0.25, -0.2) is 9.97 Å². The lowest BCUT2D eigenvalue weighted by molar-refractivity contribution is 1.06. The predicted molar refractivity (Wildman–Crippen MR) is 83.5 cm³/mol. The molecule has 0 atom stereocenters. The Morgan fingerprint density at radius 3 is 2.26 bits per heavy atom. The van der Waals surface area contributed by atoms with Crippen LogP contribution in [-0.2, 0) is 0 Å². The number of hydrogen-bond donors (Lipinski definition) is 1. The summed E-state index contributed by atoms with van der Waals surface area (Å²) in [5, 5.41) is 3.26. The van der Waals surface area contributed by atoms with E-state index < -0.39 is 0 Å². The van der Waals surface area contributed by atoms with Crippen LogP contribution in [0.3, 0.4) is 0 Å². The molecule has 0 saturated carbocycles. The van der Waals surface area contributed by atoms with Gasteiger partial charge in [0.25, 0.3) is 0 Å². The van der Waals surface area contributed by atoms with Crippen LogP contribution in [0.15, 0.2) is 22.7 Å². The molecule has 19 heavy (non-hydrogen) atoms. The second-order valence-corrected chi connectivity index (χ2v) is 5.49. The van der Waals surface area contributed by atoms with Gasteiger partial charge in [0.2, 0.25) is 0 Å². The molecule has 1 aromatic heterocycles. The maximum atomic E-state index is 4.61. The number of nitrogens with zero attached hydrogens (tertiary/aromatic N) is 2. The lowest BCUT2D eigenvalue weighted by Crippen LogP contribution is -2.04. The topological polar surface area (TPSA) is 37.8 Å². The highest BCUT2D eigenvalue weighted by Crippen LogP contribution is 2.27. The monoisotopic (exact) mass is 319 g/mol. The zero-order chi connectivity index (χ0) is 14.0. The summed E-state index contributed by atoms with van der Waals surface area (Å²) < 4.78 is 0.933. The van der Waals surface area contributed by atoms with E-state index in [0.717, 1.165) is 33.9 Å². The van der Waals surface area contributed by atoms with Crippen LogP contribution in [0.4, 0.5) is 5.82 Å². The Hall–Kier alpha value is -1.42. The molecule has 0 unspecified atom stereocenters. The zero-order valence-electron chi connectivity index (χ0n) is 11.7. The van der Waals surface area contributed by atoms with Gasteiger partial charge in [-0.2, -0.15) is 0 Å². The van der Waals surface area contributed by atoms with Gasteiger partial charge in [-0.05, 0) is 55.8 Å². The van der Waals surface area contributed by atoms with Gasteiger partial charge < -0.3 is 5.32 Å². The van der Waals surface area contributed by atoms with Gasteiger partial charge in [0, 0.05) is 12.1 Å². The van der Waals surface area contributed by atoms with E-state index in [-0.39, 0.29) is 0 Å². The molecule has 3 nitrogen and oxygen atoms in total. The Bertz CT molecular complexity index is 588. The fourth-order valence-corrected chi connectivity index (χ4v) is 2.39. The highest BCUT2D eigenvalue weighted by molar-refractivity contribution is 9.10. The first-order valence-electron chi connectivity index (χ1n) is 6.38. The molecular weight excluding hydrogens is 302 g/mol. The lowest BCUT2D eigenvalue weighted by atomic mass is 10.1. The van der Waals surface area contributed by atoms with Crippen LogP contribution in [-0.4, -0.2) is 16.5 Å². The van der Waals surface area contributed by atoms with E-state index in [1.54, 1.807) is 0 Å². The summed E-state index contributed by atoms with van der Waals surface area (Å²) in [5.41, 5.74) is 4.46. The van der Waals surface area contributed by atoms with Crippen molar-refractivity contribution >= 4 is 21.7 Å². The van der Waals surface area contributed by atoms with Crippen molar-refractivity contribution in [3.8, 4) is 11.4 Å². The standard InChI is InChI=1S/C15H18BrN3/c1-5-17-15-13(16)11(4)18-14(19-15)12-7-9(2)6-10(3)8-12/h6-8H,5H2,1-4H3,(H,17,18,19). The van der Waals surface area contributed by atoms with E-state index in [9.17, 15) is 0 Å². The molecule has 1 N–H and O–H groups in total. The quantitative estimate of drug-likeness (QED) is 0.918. The van der Waals surface area contributed by atoms with Gasteiger partial charge in [-0.15, -0.1) is 0 Å². The van der Waals surface area contributed by atoms with Crippen molar-refractivity contribution in [2.24, 2.45) is 0 Å². The van der Waals surface area contributed by atoms with Crippen LogP contribution >= 0.6 is 15.9 Å². The summed E-state index contributed by atoms with van der Waals surface area (Å²) in [4.78, 5) is 9.18. The summed E-state index contributed by atoms with van der Waals surface area (Å²) in [7, 11) is 0. The molecule has 0 aliphatic heterocycles. The first-order chi connectivity index (χ1) is 9.01. The van der Waals surface area contributed by atoms with Crippen molar-refractivity contribution in [3.05, 3.63) is 39.5 Å². The van der Waals surface area contributed by atoms with Crippen LogP contribution < -0.4 is 5.32 Å². The van der Waals surface area contributed by atoms with Crippen LogP contribution in [0.5, 0.6) is 0 Å². The maximum Gasteiger partial charge on any atom is 0.161 e. The molecule has 0 aliphatic carbocycles. The Morgan fingerprint density at radius 1 is 1.05 bits per heavy atom. The molecule has 4 heteroatoms. The van der Waals surface area contributed by atoms with E-state index in [1.165, 1.54) is 11.1 Å². The maximum absolute atomic E-state index is 4.61. The van der Waals surface area contributed by atoms with Crippen LogP contribution in [0.1, 0.15) is 23.7 Å². The average Bonchev–Trinajstić information content (AvgIpc) is 2.33. The highest BCUT2D eigenvalue weighted by atomic mass is 79.9. The molecule has 0 radical (unpaired) electrons. The number of hydrogen-bond acceptors (Lipinski definition) is 3. The van der Waals surface area contributed by atoms with Gasteiger partial charge >= 0.3 is 0 Å². The number of aromatic nitrogens is 2. The minimum Gasteiger partial charge on any atom is -0.369 e. The van der Waals surface area contributed by atoms with Crippen LogP contribution in [0, 0.1) is 20.8 Å². The van der Waals surface area contributed by atoms with Gasteiger partial charge in [0.05, 0.1) is 10.2 Å². The van der Waals surface area contributed by atoms with E-state index in [2.05, 4.69) is 70.2 Å². The van der Waals surface area contributed by atoms with Crippen LogP contribution in [0.25, 0.3) is 11.4 Å². The largest absolute Gasteiger partial charge is 0.369 e. The average molecular weight is 320 g/mol. The number of nitrogens with one attached hydrogen (secondary N) is 1. The minimum atomic E-state index is 0.767. The third-order valence-electron chi connectivity index (χ3n) is 2.84. The van der Waals surface area contributed by atoms with Crippen LogP contribution in [0.2, 0.25) is 0 Å². The van der Waals surface area contributed by atoms with Crippen molar-refractivity contribution in [2.75, 3.05) is 11.9 Å². The molecule has 2 aromatic rings. The number of aryl methyl sites for hydroxylation is 3. The van der Waals surface area contributed by atoms with Gasteiger partial charge in [-0.3, -0.25) is 0 Å². The molecule has 0 aliphatic rings. The third-order valence-corrected chi connectivity index (χ3v) is 3.79. The smallest absolute Gasteiger partial charge is 0.161 e. The molecule has 0 saturated heterocycles. The molecule has 100 valence electrons. The zero-order valence-corrected chi connectivity index (χ0v) is 13.3. The summed E-state index contributed by atoms with van der Waals surface area (Å²) >= 11 is 3.53. The van der Waals surface area contributed by atoms with E-state index >= 15 is 0 Å². The molecule has 1 aromatic carbocycles. The van der Waals surface area contributed by atoms with Crippen molar-refractivity contribution in [1.82, 2.24) is 9.97 Å².